The molecular formula is C19H19F2N3O. The molecule has 2 heterocycles. The second-order valence-electron chi connectivity index (χ2n) is 6.71. The van der Waals surface area contributed by atoms with Gasteiger partial charge < -0.3 is 5.32 Å². The zero-order valence-corrected chi connectivity index (χ0v) is 14.5. The minimum absolute atomic E-state index is 0.134. The zero-order chi connectivity index (χ0) is 18.7. The molecule has 0 spiro atoms. The van der Waals surface area contributed by atoms with Crippen molar-refractivity contribution in [1.29, 1.82) is 0 Å². The van der Waals surface area contributed by atoms with Crippen LogP contribution in [0.15, 0.2) is 36.7 Å². The Morgan fingerprint density at radius 2 is 1.76 bits per heavy atom. The number of amides is 1. The van der Waals surface area contributed by atoms with E-state index in [1.165, 1.54) is 18.3 Å². The topological polar surface area (TPSA) is 54.9 Å². The Balaban J connectivity index is 2.07. The quantitative estimate of drug-likeness (QED) is 0.848. The number of pyridine rings is 2. The van der Waals surface area contributed by atoms with Crippen molar-refractivity contribution in [3.8, 4) is 11.8 Å². The van der Waals surface area contributed by atoms with Crippen molar-refractivity contribution in [2.45, 2.75) is 33.6 Å². The Morgan fingerprint density at radius 1 is 1.04 bits per heavy atom. The first kappa shape index (κ1) is 18.5. The van der Waals surface area contributed by atoms with E-state index in [-0.39, 0.29) is 16.8 Å². The molecule has 6 heteroatoms. The molecule has 4 nitrogen and oxygen atoms in total. The molecule has 0 radical (unpaired) electrons. The number of nitrogens with one attached hydrogen (secondary N) is 1. The Labute approximate surface area is 145 Å². The van der Waals surface area contributed by atoms with Crippen LogP contribution in [0.25, 0.3) is 0 Å². The number of anilines is 1. The predicted molar refractivity (Wildman–Crippen MR) is 92.3 cm³/mol. The van der Waals surface area contributed by atoms with Crippen molar-refractivity contribution in [1.82, 2.24) is 9.97 Å². The first-order valence-electron chi connectivity index (χ1n) is 7.69. The van der Waals surface area contributed by atoms with Crippen LogP contribution in [0.2, 0.25) is 0 Å². The van der Waals surface area contributed by atoms with Crippen LogP contribution >= 0.6 is 0 Å². The van der Waals surface area contributed by atoms with Gasteiger partial charge in [-0.2, -0.15) is 0 Å². The van der Waals surface area contributed by atoms with Gasteiger partial charge in [-0.15, -0.1) is 0 Å². The van der Waals surface area contributed by atoms with Crippen molar-refractivity contribution < 1.29 is 13.6 Å². The number of hydrogen-bond donors (Lipinski definition) is 1. The van der Waals surface area contributed by atoms with E-state index in [4.69, 9.17) is 0 Å². The third kappa shape index (κ3) is 5.64. The van der Waals surface area contributed by atoms with Crippen molar-refractivity contribution in [3.05, 3.63) is 53.5 Å². The number of alkyl halides is 2. The minimum Gasteiger partial charge on any atom is -0.307 e. The van der Waals surface area contributed by atoms with Gasteiger partial charge >= 0.3 is 0 Å². The standard InChI is InChI=1S/C19H19F2N3O/c1-18(2,3)10-9-15-7-5-13(11-22-15)17(25)24-16-8-6-14(12-23-16)19(4,20)21/h5-8,11-12H,1-4H3,(H,23,24,25). The summed E-state index contributed by atoms with van der Waals surface area (Å²) in [6.45, 7) is 6.77. The molecule has 0 unspecified atom stereocenters. The van der Waals surface area contributed by atoms with E-state index in [9.17, 15) is 13.6 Å². The summed E-state index contributed by atoms with van der Waals surface area (Å²) in [7, 11) is 0. The van der Waals surface area contributed by atoms with Crippen molar-refractivity contribution >= 4 is 11.7 Å². The number of aromatic nitrogens is 2. The van der Waals surface area contributed by atoms with Crippen LogP contribution in [0.3, 0.4) is 0 Å². The molecule has 0 aliphatic carbocycles. The minimum atomic E-state index is -2.97. The summed E-state index contributed by atoms with van der Waals surface area (Å²) in [5, 5.41) is 2.54. The maximum absolute atomic E-state index is 13.1. The molecule has 0 aliphatic heterocycles. The van der Waals surface area contributed by atoms with Crippen molar-refractivity contribution in [2.24, 2.45) is 5.41 Å². The first-order chi connectivity index (χ1) is 11.5. The fourth-order valence-corrected chi connectivity index (χ4v) is 1.77. The van der Waals surface area contributed by atoms with Crippen LogP contribution in [0, 0.1) is 17.3 Å². The fourth-order valence-electron chi connectivity index (χ4n) is 1.77. The second kappa shape index (κ2) is 6.98. The Kier molecular flexibility index (Phi) is 5.17. The normalized spacial score (nSPS) is 11.4. The molecule has 1 amide bonds. The van der Waals surface area contributed by atoms with E-state index in [1.807, 2.05) is 20.8 Å². The highest BCUT2D eigenvalue weighted by atomic mass is 19.3. The SMILES string of the molecule is CC(C)(C)C#Cc1ccc(C(=O)Nc2ccc(C(C)(F)F)cn2)cn1. The lowest BCUT2D eigenvalue weighted by atomic mass is 9.98. The molecule has 0 aromatic carbocycles. The van der Waals surface area contributed by atoms with Gasteiger partial charge in [0.2, 0.25) is 0 Å². The Bertz CT molecular complexity index is 805. The van der Waals surface area contributed by atoms with E-state index in [2.05, 4.69) is 27.1 Å². The van der Waals surface area contributed by atoms with Crippen LogP contribution < -0.4 is 5.32 Å². The Morgan fingerprint density at radius 3 is 2.24 bits per heavy atom. The largest absolute Gasteiger partial charge is 0.307 e. The van der Waals surface area contributed by atoms with Gasteiger partial charge in [-0.3, -0.25) is 4.79 Å². The van der Waals surface area contributed by atoms with Gasteiger partial charge in [0.1, 0.15) is 11.5 Å². The number of rotatable bonds is 3. The van der Waals surface area contributed by atoms with Gasteiger partial charge in [-0.05, 0) is 51.0 Å². The van der Waals surface area contributed by atoms with E-state index in [0.29, 0.717) is 11.3 Å². The number of hydrogen-bond acceptors (Lipinski definition) is 3. The van der Waals surface area contributed by atoms with Crippen molar-refractivity contribution in [3.63, 3.8) is 0 Å². The Hall–Kier alpha value is -2.81. The fraction of sp³-hybridized carbons (Fsp3) is 0.316. The first-order valence-corrected chi connectivity index (χ1v) is 7.69. The number of carbonyl (C=O) groups excluding carboxylic acids is 1. The maximum Gasteiger partial charge on any atom is 0.272 e. The summed E-state index contributed by atoms with van der Waals surface area (Å²) in [4.78, 5) is 20.1. The maximum atomic E-state index is 13.1. The molecule has 0 saturated heterocycles. The molecule has 0 fully saturated rings. The summed E-state index contributed by atoms with van der Waals surface area (Å²) in [6.07, 6.45) is 2.45. The van der Waals surface area contributed by atoms with E-state index < -0.39 is 11.8 Å². The summed E-state index contributed by atoms with van der Waals surface area (Å²) in [6, 6.07) is 5.82. The average molecular weight is 343 g/mol. The lowest BCUT2D eigenvalue weighted by Gasteiger charge is -2.10. The molecule has 2 aromatic rings. The molecule has 2 rings (SSSR count). The van der Waals surface area contributed by atoms with Gasteiger partial charge in [0.15, 0.2) is 0 Å². The molecule has 0 saturated carbocycles. The summed E-state index contributed by atoms with van der Waals surface area (Å²) in [5.41, 5.74) is 0.547. The highest BCUT2D eigenvalue weighted by Gasteiger charge is 2.24. The molecule has 1 N–H and O–H groups in total. The van der Waals surface area contributed by atoms with E-state index >= 15 is 0 Å². The highest BCUT2D eigenvalue weighted by molar-refractivity contribution is 6.03. The number of halogens is 2. The van der Waals surface area contributed by atoms with Crippen LogP contribution in [0.1, 0.15) is 49.3 Å². The monoisotopic (exact) mass is 343 g/mol. The zero-order valence-electron chi connectivity index (χ0n) is 14.5. The number of nitrogens with zero attached hydrogens (tertiary/aromatic N) is 2. The van der Waals surface area contributed by atoms with Gasteiger partial charge in [0.05, 0.1) is 5.56 Å². The second-order valence-corrected chi connectivity index (χ2v) is 6.71. The lowest BCUT2D eigenvalue weighted by molar-refractivity contribution is 0.0171. The third-order valence-corrected chi connectivity index (χ3v) is 3.10. The highest BCUT2D eigenvalue weighted by Crippen LogP contribution is 2.26. The number of carbonyl (C=O) groups is 1. The van der Waals surface area contributed by atoms with Crippen LogP contribution in [0.5, 0.6) is 0 Å². The molecule has 0 bridgehead atoms. The van der Waals surface area contributed by atoms with Gasteiger partial charge in [0.25, 0.3) is 11.8 Å². The summed E-state index contributed by atoms with van der Waals surface area (Å²) >= 11 is 0. The van der Waals surface area contributed by atoms with Crippen molar-refractivity contribution in [2.75, 3.05) is 5.32 Å². The predicted octanol–water partition coefficient (Wildman–Crippen LogP) is 4.24. The molecule has 130 valence electrons. The smallest absolute Gasteiger partial charge is 0.272 e. The van der Waals surface area contributed by atoms with Gasteiger partial charge in [-0.1, -0.05) is 5.92 Å². The van der Waals surface area contributed by atoms with Crippen LogP contribution in [-0.2, 0) is 5.92 Å². The summed E-state index contributed by atoms with van der Waals surface area (Å²) in [5.74, 6) is 2.80. The van der Waals surface area contributed by atoms with Gasteiger partial charge in [-0.25, -0.2) is 18.7 Å². The average Bonchev–Trinajstić information content (AvgIpc) is 2.52. The van der Waals surface area contributed by atoms with Crippen LogP contribution in [-0.4, -0.2) is 15.9 Å². The third-order valence-electron chi connectivity index (χ3n) is 3.10. The molecular weight excluding hydrogens is 324 g/mol. The molecule has 2 aromatic heterocycles. The van der Waals surface area contributed by atoms with Gasteiger partial charge in [0, 0.05) is 30.3 Å². The molecule has 25 heavy (non-hydrogen) atoms. The van der Waals surface area contributed by atoms with E-state index in [1.54, 1.807) is 12.1 Å². The summed E-state index contributed by atoms with van der Waals surface area (Å²) < 4.78 is 26.3. The molecule has 0 aliphatic rings. The van der Waals surface area contributed by atoms with E-state index in [0.717, 1.165) is 13.1 Å². The lowest BCUT2D eigenvalue weighted by Crippen LogP contribution is -2.14. The molecule has 0 atom stereocenters. The van der Waals surface area contributed by atoms with Crippen LogP contribution in [0.4, 0.5) is 14.6 Å².